The number of aromatic nitrogens is 1. The molecular weight excluding hydrogens is 244 g/mol. The maximum absolute atomic E-state index is 4.94. The molecule has 2 heteroatoms. The van der Waals surface area contributed by atoms with Gasteiger partial charge in [-0.25, -0.2) is 0 Å². The molecule has 1 saturated heterocycles. The third-order valence-corrected chi connectivity index (χ3v) is 4.81. The average molecular weight is 266 g/mol. The van der Waals surface area contributed by atoms with E-state index in [0.29, 0.717) is 0 Å². The van der Waals surface area contributed by atoms with E-state index in [1.54, 1.807) is 5.56 Å². The molecule has 104 valence electrons. The minimum atomic E-state index is 1.17. The standard InChI is InChI=1S/C18H22N2/c1-6-12-20(13-7-1)18-14-8-2-4-10-16(14)19-17-11-5-3-9-15(17)18/h2,4,8,10H,1,3,5-7,9,11-13H2. The van der Waals surface area contributed by atoms with Gasteiger partial charge in [-0.05, 0) is 56.6 Å². The molecule has 0 amide bonds. The summed E-state index contributed by atoms with van der Waals surface area (Å²) in [6, 6.07) is 8.72. The molecule has 0 radical (unpaired) electrons. The molecule has 2 aromatic rings. The van der Waals surface area contributed by atoms with Crippen LogP contribution in [-0.4, -0.2) is 18.1 Å². The molecule has 2 aliphatic rings. The molecule has 0 N–H and O–H groups in total. The largest absolute Gasteiger partial charge is 0.371 e. The summed E-state index contributed by atoms with van der Waals surface area (Å²) in [5.41, 5.74) is 5.63. The first-order valence-electron chi connectivity index (χ1n) is 8.09. The number of benzene rings is 1. The smallest absolute Gasteiger partial charge is 0.0726 e. The van der Waals surface area contributed by atoms with Gasteiger partial charge in [0.15, 0.2) is 0 Å². The van der Waals surface area contributed by atoms with Crippen LogP contribution in [0.25, 0.3) is 10.9 Å². The fourth-order valence-corrected chi connectivity index (χ4v) is 3.83. The third kappa shape index (κ3) is 1.98. The molecule has 0 spiro atoms. The van der Waals surface area contributed by atoms with Crippen LogP contribution in [0.2, 0.25) is 0 Å². The van der Waals surface area contributed by atoms with E-state index in [9.17, 15) is 0 Å². The highest BCUT2D eigenvalue weighted by molar-refractivity contribution is 5.94. The van der Waals surface area contributed by atoms with Crippen molar-refractivity contribution in [3.8, 4) is 0 Å². The molecule has 0 saturated carbocycles. The van der Waals surface area contributed by atoms with Crippen molar-refractivity contribution in [2.24, 2.45) is 0 Å². The summed E-state index contributed by atoms with van der Waals surface area (Å²) in [5.74, 6) is 0. The minimum Gasteiger partial charge on any atom is -0.371 e. The highest BCUT2D eigenvalue weighted by Gasteiger charge is 2.22. The van der Waals surface area contributed by atoms with Crippen LogP contribution in [0.4, 0.5) is 5.69 Å². The Morgan fingerprint density at radius 3 is 2.55 bits per heavy atom. The molecule has 2 heterocycles. The molecule has 0 atom stereocenters. The number of rotatable bonds is 1. The lowest BCUT2D eigenvalue weighted by Gasteiger charge is -2.33. The molecule has 2 nitrogen and oxygen atoms in total. The van der Waals surface area contributed by atoms with Gasteiger partial charge in [-0.1, -0.05) is 18.2 Å². The zero-order chi connectivity index (χ0) is 13.4. The summed E-state index contributed by atoms with van der Waals surface area (Å²) in [7, 11) is 0. The Labute approximate surface area is 120 Å². The van der Waals surface area contributed by atoms with Crippen molar-refractivity contribution in [3.63, 3.8) is 0 Å². The SMILES string of the molecule is c1ccc2c(N3CCCCC3)c3c(nc2c1)CCCC3. The fourth-order valence-electron chi connectivity index (χ4n) is 3.83. The molecule has 1 aliphatic heterocycles. The highest BCUT2D eigenvalue weighted by atomic mass is 15.1. The summed E-state index contributed by atoms with van der Waals surface area (Å²) in [5, 5.41) is 1.37. The Bertz CT molecular complexity index is 627. The van der Waals surface area contributed by atoms with Crippen LogP contribution in [0.5, 0.6) is 0 Å². The van der Waals surface area contributed by atoms with Gasteiger partial charge in [0.2, 0.25) is 0 Å². The number of para-hydroxylation sites is 1. The predicted octanol–water partition coefficient (Wildman–Crippen LogP) is 4.10. The Morgan fingerprint density at radius 2 is 1.65 bits per heavy atom. The van der Waals surface area contributed by atoms with Crippen molar-refractivity contribution in [1.82, 2.24) is 4.98 Å². The number of piperidine rings is 1. The Balaban J connectivity index is 1.94. The number of hydrogen-bond acceptors (Lipinski definition) is 2. The Hall–Kier alpha value is -1.57. The number of pyridine rings is 1. The van der Waals surface area contributed by atoms with Crippen LogP contribution in [-0.2, 0) is 12.8 Å². The van der Waals surface area contributed by atoms with E-state index in [1.807, 2.05) is 0 Å². The third-order valence-electron chi connectivity index (χ3n) is 4.81. The van der Waals surface area contributed by atoms with Crippen LogP contribution in [0.1, 0.15) is 43.4 Å². The fraction of sp³-hybridized carbons (Fsp3) is 0.500. The zero-order valence-corrected chi connectivity index (χ0v) is 12.1. The second-order valence-electron chi connectivity index (χ2n) is 6.16. The van der Waals surface area contributed by atoms with E-state index >= 15 is 0 Å². The zero-order valence-electron chi connectivity index (χ0n) is 12.1. The summed E-state index contributed by atoms with van der Waals surface area (Å²) < 4.78 is 0. The van der Waals surface area contributed by atoms with Crippen LogP contribution < -0.4 is 4.90 Å². The molecule has 0 unspecified atom stereocenters. The molecule has 20 heavy (non-hydrogen) atoms. The van der Waals surface area contributed by atoms with Crippen LogP contribution in [0, 0.1) is 0 Å². The van der Waals surface area contributed by atoms with Crippen molar-refractivity contribution in [3.05, 3.63) is 35.5 Å². The van der Waals surface area contributed by atoms with Crippen LogP contribution >= 0.6 is 0 Å². The number of hydrogen-bond donors (Lipinski definition) is 0. The van der Waals surface area contributed by atoms with Gasteiger partial charge < -0.3 is 4.90 Å². The maximum Gasteiger partial charge on any atom is 0.0726 e. The van der Waals surface area contributed by atoms with Gasteiger partial charge in [-0.3, -0.25) is 4.98 Å². The first kappa shape index (κ1) is 12.2. The average Bonchev–Trinajstić information content (AvgIpc) is 2.53. The van der Waals surface area contributed by atoms with Gasteiger partial charge in [0.05, 0.1) is 11.2 Å². The van der Waals surface area contributed by atoms with Crippen LogP contribution in [0.15, 0.2) is 24.3 Å². The van der Waals surface area contributed by atoms with E-state index in [0.717, 1.165) is 0 Å². The number of nitrogens with zero attached hydrogens (tertiary/aromatic N) is 2. The summed E-state index contributed by atoms with van der Waals surface area (Å²) in [4.78, 5) is 7.58. The molecule has 1 aromatic heterocycles. The van der Waals surface area contributed by atoms with Gasteiger partial charge >= 0.3 is 0 Å². The van der Waals surface area contributed by atoms with Gasteiger partial charge in [0, 0.05) is 24.2 Å². The van der Waals surface area contributed by atoms with E-state index in [-0.39, 0.29) is 0 Å². The number of anilines is 1. The molecule has 1 aromatic carbocycles. The van der Waals surface area contributed by atoms with Crippen molar-refractivity contribution >= 4 is 16.6 Å². The predicted molar refractivity (Wildman–Crippen MR) is 84.4 cm³/mol. The van der Waals surface area contributed by atoms with Crippen molar-refractivity contribution in [2.75, 3.05) is 18.0 Å². The maximum atomic E-state index is 4.94. The summed E-state index contributed by atoms with van der Waals surface area (Å²) >= 11 is 0. The normalized spacial score (nSPS) is 19.1. The lowest BCUT2D eigenvalue weighted by atomic mass is 9.91. The van der Waals surface area contributed by atoms with E-state index in [2.05, 4.69) is 29.2 Å². The Kier molecular flexibility index (Phi) is 3.10. The van der Waals surface area contributed by atoms with Crippen molar-refractivity contribution in [2.45, 2.75) is 44.9 Å². The lowest BCUT2D eigenvalue weighted by Crippen LogP contribution is -2.31. The first-order valence-corrected chi connectivity index (χ1v) is 8.09. The van der Waals surface area contributed by atoms with Gasteiger partial charge in [0.1, 0.15) is 0 Å². The summed E-state index contributed by atoms with van der Waals surface area (Å²) in [6.07, 6.45) is 9.09. The monoisotopic (exact) mass is 266 g/mol. The molecule has 0 bridgehead atoms. The van der Waals surface area contributed by atoms with E-state index in [1.165, 1.54) is 80.3 Å². The molecule has 1 aliphatic carbocycles. The van der Waals surface area contributed by atoms with E-state index < -0.39 is 0 Å². The first-order chi connectivity index (χ1) is 9.93. The highest BCUT2D eigenvalue weighted by Crippen LogP contribution is 2.36. The second-order valence-corrected chi connectivity index (χ2v) is 6.16. The number of fused-ring (bicyclic) bond motifs is 2. The minimum absolute atomic E-state index is 1.17. The van der Waals surface area contributed by atoms with Crippen molar-refractivity contribution in [1.29, 1.82) is 0 Å². The molecular formula is C18H22N2. The van der Waals surface area contributed by atoms with Crippen LogP contribution in [0.3, 0.4) is 0 Å². The second kappa shape index (κ2) is 5.08. The van der Waals surface area contributed by atoms with E-state index in [4.69, 9.17) is 4.98 Å². The molecule has 4 rings (SSSR count). The lowest BCUT2D eigenvalue weighted by molar-refractivity contribution is 0.573. The van der Waals surface area contributed by atoms with Gasteiger partial charge in [-0.15, -0.1) is 0 Å². The Morgan fingerprint density at radius 1 is 0.850 bits per heavy atom. The molecule has 1 fully saturated rings. The van der Waals surface area contributed by atoms with Crippen molar-refractivity contribution < 1.29 is 0 Å². The van der Waals surface area contributed by atoms with Gasteiger partial charge in [-0.2, -0.15) is 0 Å². The van der Waals surface area contributed by atoms with Gasteiger partial charge in [0.25, 0.3) is 0 Å². The number of aryl methyl sites for hydroxylation is 1. The summed E-state index contributed by atoms with van der Waals surface area (Å²) in [6.45, 7) is 2.45. The quantitative estimate of drug-likeness (QED) is 0.772. The topological polar surface area (TPSA) is 16.1 Å².